The number of aromatic nitrogens is 1. The molecule has 0 aliphatic heterocycles. The monoisotopic (exact) mass is 247 g/mol. The van der Waals surface area contributed by atoms with Crippen molar-refractivity contribution in [1.29, 1.82) is 0 Å². The summed E-state index contributed by atoms with van der Waals surface area (Å²) in [5.41, 5.74) is 4.39. The Morgan fingerprint density at radius 3 is 2.42 bits per heavy atom. The fraction of sp³-hybridized carbons (Fsp3) is 0.0556. The first kappa shape index (κ1) is 13.0. The molecule has 0 amide bonds. The lowest BCUT2D eigenvalue weighted by Gasteiger charge is -2.04. The maximum absolute atomic E-state index is 4.53. The van der Waals surface area contributed by atoms with E-state index >= 15 is 0 Å². The summed E-state index contributed by atoms with van der Waals surface area (Å²) < 4.78 is 0. The van der Waals surface area contributed by atoms with Gasteiger partial charge in [-0.15, -0.1) is 0 Å². The number of allylic oxidation sites excluding steroid dienone is 5. The minimum absolute atomic E-state index is 0.972. The molecule has 94 valence electrons. The fourth-order valence-corrected chi connectivity index (χ4v) is 1.87. The molecule has 0 saturated heterocycles. The summed E-state index contributed by atoms with van der Waals surface area (Å²) in [5.74, 6) is 0. The van der Waals surface area contributed by atoms with Gasteiger partial charge in [0.15, 0.2) is 0 Å². The summed E-state index contributed by atoms with van der Waals surface area (Å²) in [5, 5.41) is 0. The van der Waals surface area contributed by atoms with Crippen LogP contribution in [0.2, 0.25) is 0 Å². The molecule has 0 atom stereocenters. The van der Waals surface area contributed by atoms with Gasteiger partial charge < -0.3 is 0 Å². The SMILES string of the molecule is C=C/C=C\C(=C/C)c1ccc(-c2ccccc2)cn1. The van der Waals surface area contributed by atoms with Crippen LogP contribution in [0.5, 0.6) is 0 Å². The highest BCUT2D eigenvalue weighted by molar-refractivity contribution is 5.73. The van der Waals surface area contributed by atoms with Gasteiger partial charge in [-0.25, -0.2) is 0 Å². The Morgan fingerprint density at radius 1 is 1.05 bits per heavy atom. The predicted molar refractivity (Wildman–Crippen MR) is 82.7 cm³/mol. The molecule has 0 fully saturated rings. The van der Waals surface area contributed by atoms with Crippen molar-refractivity contribution in [3.63, 3.8) is 0 Å². The van der Waals surface area contributed by atoms with Crippen molar-refractivity contribution >= 4 is 5.57 Å². The van der Waals surface area contributed by atoms with E-state index in [4.69, 9.17) is 0 Å². The molecule has 0 aliphatic carbocycles. The van der Waals surface area contributed by atoms with Gasteiger partial charge in [-0.2, -0.15) is 0 Å². The molecule has 1 aromatic carbocycles. The third-order valence-electron chi connectivity index (χ3n) is 2.89. The number of hydrogen-bond acceptors (Lipinski definition) is 1. The number of hydrogen-bond donors (Lipinski definition) is 0. The minimum atomic E-state index is 0.972. The zero-order valence-electron chi connectivity index (χ0n) is 11.1. The van der Waals surface area contributed by atoms with Crippen LogP contribution in [0, 0.1) is 0 Å². The van der Waals surface area contributed by atoms with E-state index < -0.39 is 0 Å². The van der Waals surface area contributed by atoms with Crippen LogP contribution < -0.4 is 0 Å². The summed E-state index contributed by atoms with van der Waals surface area (Å²) in [6, 6.07) is 14.4. The zero-order chi connectivity index (χ0) is 13.5. The Bertz CT molecular complexity index is 589. The van der Waals surface area contributed by atoms with Crippen LogP contribution in [0.3, 0.4) is 0 Å². The number of rotatable bonds is 4. The van der Waals surface area contributed by atoms with E-state index in [1.165, 1.54) is 5.56 Å². The minimum Gasteiger partial charge on any atom is -0.256 e. The molecule has 0 unspecified atom stereocenters. The quantitative estimate of drug-likeness (QED) is 0.701. The molecule has 1 heterocycles. The van der Waals surface area contributed by atoms with Crippen molar-refractivity contribution in [2.24, 2.45) is 0 Å². The van der Waals surface area contributed by atoms with Crippen molar-refractivity contribution in [2.45, 2.75) is 6.92 Å². The van der Waals surface area contributed by atoms with Gasteiger partial charge in [0.05, 0.1) is 5.69 Å². The van der Waals surface area contributed by atoms with Crippen molar-refractivity contribution < 1.29 is 0 Å². The van der Waals surface area contributed by atoms with Gasteiger partial charge in [0, 0.05) is 11.8 Å². The van der Waals surface area contributed by atoms with E-state index in [0.717, 1.165) is 16.8 Å². The van der Waals surface area contributed by atoms with Crippen LogP contribution in [-0.2, 0) is 0 Å². The van der Waals surface area contributed by atoms with E-state index in [-0.39, 0.29) is 0 Å². The second-order valence-electron chi connectivity index (χ2n) is 4.14. The van der Waals surface area contributed by atoms with Crippen LogP contribution >= 0.6 is 0 Å². The molecular weight excluding hydrogens is 230 g/mol. The summed E-state index contributed by atoms with van der Waals surface area (Å²) in [7, 11) is 0. The first-order chi connectivity index (χ1) is 9.35. The third kappa shape index (κ3) is 3.29. The lowest BCUT2D eigenvalue weighted by Crippen LogP contribution is -1.87. The highest BCUT2D eigenvalue weighted by Gasteiger charge is 2.00. The third-order valence-corrected chi connectivity index (χ3v) is 2.89. The zero-order valence-corrected chi connectivity index (χ0v) is 11.1. The lowest BCUT2D eigenvalue weighted by atomic mass is 10.1. The van der Waals surface area contributed by atoms with Gasteiger partial charge in [0.25, 0.3) is 0 Å². The topological polar surface area (TPSA) is 12.9 Å². The first-order valence-corrected chi connectivity index (χ1v) is 6.32. The van der Waals surface area contributed by atoms with Gasteiger partial charge in [0.2, 0.25) is 0 Å². The van der Waals surface area contributed by atoms with Crippen LogP contribution in [0.15, 0.2) is 79.5 Å². The molecule has 0 saturated carbocycles. The number of benzene rings is 1. The van der Waals surface area contributed by atoms with Crippen LogP contribution in [0.25, 0.3) is 16.7 Å². The Hall–Kier alpha value is -2.41. The van der Waals surface area contributed by atoms with Crippen molar-refractivity contribution in [3.05, 3.63) is 85.2 Å². The molecule has 0 radical (unpaired) electrons. The molecule has 2 rings (SSSR count). The Kier molecular flexibility index (Phi) is 4.46. The average molecular weight is 247 g/mol. The molecule has 0 aliphatic rings. The van der Waals surface area contributed by atoms with Crippen molar-refractivity contribution in [1.82, 2.24) is 4.98 Å². The molecule has 1 nitrogen and oxygen atoms in total. The smallest absolute Gasteiger partial charge is 0.0699 e. The van der Waals surface area contributed by atoms with E-state index in [9.17, 15) is 0 Å². The highest BCUT2D eigenvalue weighted by Crippen LogP contribution is 2.20. The Labute approximate surface area is 114 Å². The largest absolute Gasteiger partial charge is 0.256 e. The van der Waals surface area contributed by atoms with E-state index in [1.807, 2.05) is 55.6 Å². The van der Waals surface area contributed by atoms with Crippen LogP contribution in [0.4, 0.5) is 0 Å². The van der Waals surface area contributed by atoms with Gasteiger partial charge in [-0.3, -0.25) is 4.98 Å². The van der Waals surface area contributed by atoms with E-state index in [2.05, 4.69) is 29.8 Å². The predicted octanol–water partition coefficient (Wildman–Crippen LogP) is 4.89. The average Bonchev–Trinajstić information content (AvgIpc) is 2.49. The molecule has 0 bridgehead atoms. The summed E-state index contributed by atoms with van der Waals surface area (Å²) in [6.45, 7) is 5.69. The van der Waals surface area contributed by atoms with E-state index in [0.29, 0.717) is 0 Å². The Morgan fingerprint density at radius 2 is 1.84 bits per heavy atom. The van der Waals surface area contributed by atoms with E-state index in [1.54, 1.807) is 6.08 Å². The molecule has 19 heavy (non-hydrogen) atoms. The fourth-order valence-electron chi connectivity index (χ4n) is 1.87. The molecule has 1 heteroatoms. The maximum atomic E-state index is 4.53. The highest BCUT2D eigenvalue weighted by atomic mass is 14.7. The standard InChI is InChI=1S/C18H17N/c1-3-5-9-15(4-2)18-13-12-17(14-19-18)16-10-7-6-8-11-16/h3-14H,1H2,2H3/b9-5-,15-4+. The molecule has 0 spiro atoms. The molecule has 1 aromatic heterocycles. The van der Waals surface area contributed by atoms with Crippen molar-refractivity contribution in [3.8, 4) is 11.1 Å². The lowest BCUT2D eigenvalue weighted by molar-refractivity contribution is 1.28. The first-order valence-electron chi connectivity index (χ1n) is 6.32. The van der Waals surface area contributed by atoms with Gasteiger partial charge >= 0.3 is 0 Å². The van der Waals surface area contributed by atoms with Crippen LogP contribution in [0.1, 0.15) is 12.6 Å². The summed E-state index contributed by atoms with van der Waals surface area (Å²) >= 11 is 0. The number of nitrogens with zero attached hydrogens (tertiary/aromatic N) is 1. The second kappa shape index (κ2) is 6.50. The summed E-state index contributed by atoms with van der Waals surface area (Å²) in [6.07, 6.45) is 9.65. The molecule has 2 aromatic rings. The number of pyridine rings is 1. The molecule has 0 N–H and O–H groups in total. The van der Waals surface area contributed by atoms with Gasteiger partial charge in [-0.05, 0) is 24.1 Å². The van der Waals surface area contributed by atoms with Gasteiger partial charge in [-0.1, -0.05) is 67.3 Å². The summed E-state index contributed by atoms with van der Waals surface area (Å²) in [4.78, 5) is 4.53. The molecular formula is C18H17N. The van der Waals surface area contributed by atoms with Crippen molar-refractivity contribution in [2.75, 3.05) is 0 Å². The van der Waals surface area contributed by atoms with Crippen LogP contribution in [-0.4, -0.2) is 4.98 Å². The Balaban J connectivity index is 2.28. The second-order valence-corrected chi connectivity index (χ2v) is 4.14. The van der Waals surface area contributed by atoms with Gasteiger partial charge in [0.1, 0.15) is 0 Å². The normalized spacial score (nSPS) is 11.7. The maximum Gasteiger partial charge on any atom is 0.0699 e.